The van der Waals surface area contributed by atoms with E-state index >= 15 is 0 Å². The quantitative estimate of drug-likeness (QED) is 0.513. The van der Waals surface area contributed by atoms with E-state index in [0.29, 0.717) is 11.1 Å². The minimum Gasteiger partial charge on any atom is -0.544 e. The van der Waals surface area contributed by atoms with Crippen LogP contribution in [0.15, 0.2) is 60.7 Å². The number of alkyl carbamates (subject to hydrolysis) is 1. The summed E-state index contributed by atoms with van der Waals surface area (Å²) >= 11 is 0. The minimum atomic E-state index is -4.55. The van der Waals surface area contributed by atoms with Gasteiger partial charge in [-0.3, -0.25) is 0 Å². The average Bonchev–Trinajstić information content (AvgIpc) is 2.66. The maximum Gasteiger partial charge on any atom is 1.00 e. The number of aliphatic carboxylic acids is 1. The third-order valence-corrected chi connectivity index (χ3v) is 3.84. The summed E-state index contributed by atoms with van der Waals surface area (Å²) in [6.45, 7) is -0.113. The number of carbonyl (C=O) groups excluding carboxylic acids is 2. The Morgan fingerprint density at radius 3 is 2.04 bits per heavy atom. The smallest absolute Gasteiger partial charge is 0.544 e. The van der Waals surface area contributed by atoms with Crippen molar-refractivity contribution in [2.75, 3.05) is 0 Å². The van der Waals surface area contributed by atoms with Crippen molar-refractivity contribution in [1.29, 1.82) is 0 Å². The molecule has 0 spiro atoms. The Hall–Kier alpha value is -2.00. The number of halogens is 2. The Labute approximate surface area is 182 Å². The fraction of sp³-hybridized carbons (Fsp3) is 0.263. The van der Waals surface area contributed by atoms with Gasteiger partial charge in [0.25, 0.3) is 0 Å². The van der Waals surface area contributed by atoms with Crippen LogP contribution in [0.5, 0.6) is 0 Å². The molecule has 0 aliphatic carbocycles. The van der Waals surface area contributed by atoms with Crippen molar-refractivity contribution in [2.24, 2.45) is 0 Å². The average molecular weight is 401 g/mol. The zero-order valence-electron chi connectivity index (χ0n) is 15.2. The Bertz CT molecular complexity index is 761. The van der Waals surface area contributed by atoms with E-state index < -0.39 is 30.1 Å². The maximum atomic E-state index is 13.7. The van der Waals surface area contributed by atoms with Crippen molar-refractivity contribution >= 4 is 12.1 Å². The summed E-state index contributed by atoms with van der Waals surface area (Å²) in [7, 11) is 0. The van der Waals surface area contributed by atoms with Gasteiger partial charge in [-0.2, -0.15) is 8.78 Å². The zero-order chi connectivity index (χ0) is 19.9. The van der Waals surface area contributed by atoms with Crippen LogP contribution in [0.4, 0.5) is 13.6 Å². The Morgan fingerprint density at radius 2 is 1.54 bits per heavy atom. The fourth-order valence-electron chi connectivity index (χ4n) is 2.40. The number of carbonyl (C=O) groups is 2. The summed E-state index contributed by atoms with van der Waals surface area (Å²) < 4.78 is 32.3. The van der Waals surface area contributed by atoms with Gasteiger partial charge in [-0.25, -0.2) is 4.79 Å². The van der Waals surface area contributed by atoms with Crippen molar-refractivity contribution in [2.45, 2.75) is 31.1 Å². The van der Waals surface area contributed by atoms with E-state index in [1.807, 2.05) is 0 Å². The van der Waals surface area contributed by atoms with Crippen LogP contribution in [0.3, 0.4) is 0 Å². The molecule has 0 radical (unpaired) electrons. The molecular weight excluding hydrogens is 383 g/mol. The first-order chi connectivity index (χ1) is 12.8. The van der Waals surface area contributed by atoms with Crippen molar-refractivity contribution in [3.63, 3.8) is 0 Å². The number of carboxylic acid groups (broad SMARTS) is 1. The summed E-state index contributed by atoms with van der Waals surface area (Å²) in [6.07, 6.45) is -3.99. The van der Waals surface area contributed by atoms with Gasteiger partial charge in [0.05, 0.1) is 6.04 Å². The summed E-state index contributed by atoms with van der Waals surface area (Å²) in [5, 5.41) is 22.6. The molecule has 0 aliphatic rings. The molecule has 0 aliphatic heterocycles. The van der Waals surface area contributed by atoms with Gasteiger partial charge < -0.3 is 25.1 Å². The number of rotatable bonds is 8. The summed E-state index contributed by atoms with van der Waals surface area (Å²) in [6, 6.07) is 15.2. The number of amides is 1. The molecule has 9 heteroatoms. The third-order valence-electron chi connectivity index (χ3n) is 3.84. The first kappa shape index (κ1) is 24.0. The van der Waals surface area contributed by atoms with Gasteiger partial charge in [-0.1, -0.05) is 60.7 Å². The number of aliphatic hydroxyl groups excluding tert-OH is 1. The molecule has 0 bridgehead atoms. The Kier molecular flexibility index (Phi) is 9.54. The number of hydrogen-bond donors (Lipinski definition) is 2. The predicted molar refractivity (Wildman–Crippen MR) is 89.7 cm³/mol. The van der Waals surface area contributed by atoms with Gasteiger partial charge in [0.1, 0.15) is 18.7 Å². The number of hydrogen-bond acceptors (Lipinski definition) is 5. The van der Waals surface area contributed by atoms with Gasteiger partial charge in [0, 0.05) is 0 Å². The van der Waals surface area contributed by atoms with E-state index in [2.05, 4.69) is 5.32 Å². The van der Waals surface area contributed by atoms with Gasteiger partial charge >= 0.3 is 41.6 Å². The molecule has 2 aromatic carbocycles. The number of ether oxygens (including phenoxy) is 1. The molecular formula is C19H18F2NNaO5. The molecule has 1 amide bonds. The van der Waals surface area contributed by atoms with Crippen molar-refractivity contribution in [3.05, 3.63) is 71.8 Å². The topological polar surface area (TPSA) is 98.7 Å². The molecule has 2 N–H and O–H groups in total. The van der Waals surface area contributed by atoms with E-state index in [1.165, 1.54) is 0 Å². The molecule has 6 nitrogen and oxygen atoms in total. The summed E-state index contributed by atoms with van der Waals surface area (Å²) in [4.78, 5) is 22.6. The second kappa shape index (κ2) is 11.1. The van der Waals surface area contributed by atoms with E-state index in [-0.39, 0.29) is 42.6 Å². The first-order valence-electron chi connectivity index (χ1n) is 8.09. The Morgan fingerprint density at radius 1 is 1.04 bits per heavy atom. The molecule has 2 rings (SSSR count). The molecule has 28 heavy (non-hydrogen) atoms. The van der Waals surface area contributed by atoms with Crippen LogP contribution >= 0.6 is 0 Å². The van der Waals surface area contributed by atoms with Crippen LogP contribution < -0.4 is 40.0 Å². The molecule has 0 heterocycles. The summed E-state index contributed by atoms with van der Waals surface area (Å²) in [5.41, 5.74) is 1.19. The normalized spacial score (nSPS) is 13.0. The van der Waals surface area contributed by atoms with E-state index in [9.17, 15) is 28.6 Å². The van der Waals surface area contributed by atoms with Crippen LogP contribution in [-0.2, 0) is 22.6 Å². The molecule has 144 valence electrons. The largest absolute Gasteiger partial charge is 1.00 e. The SMILES string of the molecule is O=C(N[C@@H](Cc1ccccc1)[C@@H](O)C(F)(F)C(=O)[O-])OCc1ccccc1.[Na+]. The van der Waals surface area contributed by atoms with Crippen LogP contribution in [0.1, 0.15) is 11.1 Å². The summed E-state index contributed by atoms with van der Waals surface area (Å²) in [5.74, 6) is -7.28. The van der Waals surface area contributed by atoms with Crippen LogP contribution in [-0.4, -0.2) is 35.2 Å². The number of benzene rings is 2. The van der Waals surface area contributed by atoms with Gasteiger partial charge in [-0.05, 0) is 17.5 Å². The van der Waals surface area contributed by atoms with Crippen molar-refractivity contribution in [3.8, 4) is 0 Å². The van der Waals surface area contributed by atoms with Crippen molar-refractivity contribution < 1.29 is 62.9 Å². The van der Waals surface area contributed by atoms with E-state index in [4.69, 9.17) is 4.74 Å². The van der Waals surface area contributed by atoms with Gasteiger partial charge in [0.15, 0.2) is 0 Å². The predicted octanol–water partition coefficient (Wildman–Crippen LogP) is -1.73. The monoisotopic (exact) mass is 401 g/mol. The molecule has 0 aromatic heterocycles. The second-order valence-electron chi connectivity index (χ2n) is 5.86. The van der Waals surface area contributed by atoms with Crippen molar-refractivity contribution in [1.82, 2.24) is 5.32 Å². The second-order valence-corrected chi connectivity index (χ2v) is 5.86. The van der Waals surface area contributed by atoms with Crippen LogP contribution in [0, 0.1) is 0 Å². The maximum absolute atomic E-state index is 13.7. The zero-order valence-corrected chi connectivity index (χ0v) is 17.2. The number of aliphatic hydroxyl groups is 1. The minimum absolute atomic E-state index is 0. The molecule has 0 fully saturated rings. The number of alkyl halides is 2. The molecule has 2 atom stereocenters. The third kappa shape index (κ3) is 6.87. The first-order valence-corrected chi connectivity index (χ1v) is 8.09. The van der Waals surface area contributed by atoms with Gasteiger partial charge in [-0.15, -0.1) is 0 Å². The molecule has 0 saturated heterocycles. The molecule has 2 aromatic rings. The number of nitrogens with one attached hydrogen (secondary N) is 1. The van der Waals surface area contributed by atoms with Crippen LogP contribution in [0.2, 0.25) is 0 Å². The van der Waals surface area contributed by atoms with E-state index in [1.54, 1.807) is 60.7 Å². The van der Waals surface area contributed by atoms with Crippen LogP contribution in [0.25, 0.3) is 0 Å². The molecule has 0 unspecified atom stereocenters. The number of carboxylic acids is 1. The van der Waals surface area contributed by atoms with E-state index in [0.717, 1.165) is 0 Å². The van der Waals surface area contributed by atoms with Gasteiger partial charge in [0.2, 0.25) is 0 Å². The standard InChI is InChI=1S/C19H19F2NO5.Na/c20-19(21,17(24)25)16(23)15(11-13-7-3-1-4-8-13)22-18(26)27-12-14-9-5-2-6-10-14;/h1-10,15-16,23H,11-12H2,(H,22,26)(H,24,25);/q;+1/p-1/t15-,16+;/m0./s1. The molecule has 0 saturated carbocycles. The fourth-order valence-corrected chi connectivity index (χ4v) is 2.40. The Balaban J connectivity index is 0.00000392.